The van der Waals surface area contributed by atoms with Gasteiger partial charge in [-0.1, -0.05) is 42.5 Å². The molecular weight excluding hydrogens is 334 g/mol. The smallest absolute Gasteiger partial charge is 0.222 e. The third-order valence-electron chi connectivity index (χ3n) is 6.80. The van der Waals surface area contributed by atoms with Gasteiger partial charge in [0.25, 0.3) is 0 Å². The average Bonchev–Trinajstić information content (AvgIpc) is 2.83. The first-order valence-electron chi connectivity index (χ1n) is 10.2. The summed E-state index contributed by atoms with van der Waals surface area (Å²) >= 11 is 0. The maximum absolute atomic E-state index is 12.2. The first kappa shape index (κ1) is 18.5. The normalized spacial score (nSPS) is 25.3. The number of piperazine rings is 1. The first-order chi connectivity index (χ1) is 13.1. The molecule has 2 heterocycles. The molecule has 2 aromatic rings. The van der Waals surface area contributed by atoms with Crippen molar-refractivity contribution in [2.75, 3.05) is 46.8 Å². The largest absolute Gasteiger partial charge is 0.346 e. The molecule has 0 N–H and O–H groups in total. The Morgan fingerprint density at radius 1 is 0.963 bits per heavy atom. The Morgan fingerprint density at radius 3 is 2.67 bits per heavy atom. The van der Waals surface area contributed by atoms with Crippen molar-refractivity contribution in [3.63, 3.8) is 0 Å². The Morgan fingerprint density at radius 2 is 1.78 bits per heavy atom. The van der Waals surface area contributed by atoms with Crippen LogP contribution < -0.4 is 0 Å². The van der Waals surface area contributed by atoms with Crippen molar-refractivity contribution in [1.82, 2.24) is 14.7 Å². The maximum atomic E-state index is 12.2. The topological polar surface area (TPSA) is 26.8 Å². The Labute approximate surface area is 162 Å². The number of carbonyl (C=O) groups is 1. The highest BCUT2D eigenvalue weighted by atomic mass is 16.2. The number of benzene rings is 2. The molecule has 1 spiro atoms. The summed E-state index contributed by atoms with van der Waals surface area (Å²) in [6.45, 7) is 5.25. The summed E-state index contributed by atoms with van der Waals surface area (Å²) in [4.78, 5) is 19.2. The van der Waals surface area contributed by atoms with Gasteiger partial charge in [0.05, 0.1) is 0 Å². The van der Waals surface area contributed by atoms with Crippen molar-refractivity contribution in [2.24, 2.45) is 0 Å². The van der Waals surface area contributed by atoms with Crippen LogP contribution in [0.5, 0.6) is 0 Å². The molecule has 0 aromatic heterocycles. The van der Waals surface area contributed by atoms with Crippen LogP contribution >= 0.6 is 0 Å². The molecule has 0 saturated carbocycles. The van der Waals surface area contributed by atoms with E-state index in [0.29, 0.717) is 12.3 Å². The summed E-state index contributed by atoms with van der Waals surface area (Å²) in [5, 5.41) is 2.71. The summed E-state index contributed by atoms with van der Waals surface area (Å²) in [6.07, 6.45) is 3.83. The van der Waals surface area contributed by atoms with Gasteiger partial charge >= 0.3 is 0 Å². The molecule has 0 bridgehead atoms. The van der Waals surface area contributed by atoms with Gasteiger partial charge in [0.2, 0.25) is 5.91 Å². The summed E-state index contributed by atoms with van der Waals surface area (Å²) in [5.74, 6) is 0.299. The number of likely N-dealkylation sites (tertiary alicyclic amines) is 1. The number of hydrogen-bond acceptors (Lipinski definition) is 3. The van der Waals surface area contributed by atoms with Crippen LogP contribution in [0.1, 0.15) is 24.8 Å². The first-order valence-corrected chi connectivity index (χ1v) is 10.2. The molecule has 2 fully saturated rings. The van der Waals surface area contributed by atoms with Crippen molar-refractivity contribution in [2.45, 2.75) is 31.2 Å². The van der Waals surface area contributed by atoms with E-state index in [1.165, 1.54) is 16.3 Å². The zero-order valence-electron chi connectivity index (χ0n) is 16.7. The fourth-order valence-corrected chi connectivity index (χ4v) is 4.82. The lowest BCUT2D eigenvalue weighted by atomic mass is 9.86. The monoisotopic (exact) mass is 365 g/mol. The van der Waals surface area contributed by atoms with Crippen LogP contribution in [-0.4, -0.2) is 73.0 Å². The van der Waals surface area contributed by atoms with Gasteiger partial charge < -0.3 is 4.90 Å². The van der Waals surface area contributed by atoms with E-state index in [1.54, 1.807) is 0 Å². The highest BCUT2D eigenvalue weighted by molar-refractivity contribution is 5.85. The van der Waals surface area contributed by atoms with Gasteiger partial charge in [0.15, 0.2) is 0 Å². The van der Waals surface area contributed by atoms with Gasteiger partial charge in [-0.15, -0.1) is 0 Å². The molecular formula is C23H31N3O. The van der Waals surface area contributed by atoms with Crippen LogP contribution in [0.2, 0.25) is 0 Å². The van der Waals surface area contributed by atoms with Crippen molar-refractivity contribution >= 4 is 16.7 Å². The number of fused-ring (bicyclic) bond motifs is 1. The van der Waals surface area contributed by atoms with E-state index in [1.807, 2.05) is 11.9 Å². The van der Waals surface area contributed by atoms with Gasteiger partial charge in [0.1, 0.15) is 0 Å². The number of carbonyl (C=O) groups excluding carboxylic acids is 1. The lowest BCUT2D eigenvalue weighted by molar-refractivity contribution is -0.129. The van der Waals surface area contributed by atoms with Gasteiger partial charge in [-0.3, -0.25) is 14.6 Å². The predicted molar refractivity (Wildman–Crippen MR) is 111 cm³/mol. The highest BCUT2D eigenvalue weighted by Crippen LogP contribution is 2.32. The summed E-state index contributed by atoms with van der Waals surface area (Å²) in [7, 11) is 4.19. The van der Waals surface area contributed by atoms with E-state index in [4.69, 9.17) is 0 Å². The number of amides is 1. The fraction of sp³-hybridized carbons (Fsp3) is 0.522. The van der Waals surface area contributed by atoms with Crippen molar-refractivity contribution in [3.05, 3.63) is 48.0 Å². The number of likely N-dealkylation sites (N-methyl/N-ethyl adjacent to an activating group) is 1. The highest BCUT2D eigenvalue weighted by Gasteiger charge is 2.41. The second-order valence-corrected chi connectivity index (χ2v) is 8.38. The average molecular weight is 366 g/mol. The molecule has 4 nitrogen and oxygen atoms in total. The molecule has 2 aromatic carbocycles. The SMILES string of the molecule is CN1CC[C@]2(CCC1=O)CN(CCc1cccc3ccccc13)CCN2C. The minimum atomic E-state index is 0.150. The van der Waals surface area contributed by atoms with E-state index < -0.39 is 0 Å². The number of nitrogens with zero attached hydrogens (tertiary/aromatic N) is 3. The van der Waals surface area contributed by atoms with E-state index >= 15 is 0 Å². The second kappa shape index (κ2) is 7.61. The second-order valence-electron chi connectivity index (χ2n) is 8.38. The zero-order chi connectivity index (χ0) is 18.9. The van der Waals surface area contributed by atoms with Gasteiger partial charge in [-0.2, -0.15) is 0 Å². The zero-order valence-corrected chi connectivity index (χ0v) is 16.7. The molecule has 0 aliphatic carbocycles. The predicted octanol–water partition coefficient (Wildman–Crippen LogP) is 3.01. The third kappa shape index (κ3) is 3.74. The van der Waals surface area contributed by atoms with E-state index in [0.717, 1.165) is 52.0 Å². The molecule has 1 atom stereocenters. The van der Waals surface area contributed by atoms with Crippen molar-refractivity contribution < 1.29 is 4.79 Å². The lowest BCUT2D eigenvalue weighted by Crippen LogP contribution is -2.61. The van der Waals surface area contributed by atoms with Crippen LogP contribution in [0.25, 0.3) is 10.8 Å². The summed E-state index contributed by atoms with van der Waals surface area (Å²) in [6, 6.07) is 15.3. The van der Waals surface area contributed by atoms with Crippen LogP contribution in [0.4, 0.5) is 0 Å². The molecule has 2 aliphatic heterocycles. The van der Waals surface area contributed by atoms with Crippen molar-refractivity contribution in [3.8, 4) is 0 Å². The fourth-order valence-electron chi connectivity index (χ4n) is 4.82. The molecule has 1 amide bonds. The summed E-state index contributed by atoms with van der Waals surface area (Å²) in [5.41, 5.74) is 1.59. The van der Waals surface area contributed by atoms with Crippen LogP contribution in [0.15, 0.2) is 42.5 Å². The van der Waals surface area contributed by atoms with Gasteiger partial charge in [-0.05, 0) is 42.6 Å². The number of rotatable bonds is 3. The summed E-state index contributed by atoms with van der Waals surface area (Å²) < 4.78 is 0. The number of hydrogen-bond donors (Lipinski definition) is 0. The molecule has 4 rings (SSSR count). The Balaban J connectivity index is 1.46. The quantitative estimate of drug-likeness (QED) is 0.837. The Bertz CT molecular complexity index is 815. The molecule has 0 radical (unpaired) electrons. The Kier molecular flexibility index (Phi) is 5.20. The van der Waals surface area contributed by atoms with Crippen LogP contribution in [0.3, 0.4) is 0 Å². The van der Waals surface area contributed by atoms with Gasteiger partial charge in [-0.25, -0.2) is 0 Å². The minimum absolute atomic E-state index is 0.150. The molecule has 27 heavy (non-hydrogen) atoms. The lowest BCUT2D eigenvalue weighted by Gasteiger charge is -2.49. The minimum Gasteiger partial charge on any atom is -0.346 e. The van der Waals surface area contributed by atoms with E-state index in [2.05, 4.69) is 59.3 Å². The standard InChI is InChI=1S/C23H31N3O/c1-24-15-13-23(12-10-22(24)27)18-26(17-16-25(23)2)14-11-20-8-5-7-19-6-3-4-9-21(19)20/h3-9H,10-18H2,1-2H3/t23-/m1/s1. The molecule has 2 saturated heterocycles. The van der Waals surface area contributed by atoms with Crippen LogP contribution in [0, 0.1) is 0 Å². The van der Waals surface area contributed by atoms with Crippen LogP contribution in [-0.2, 0) is 11.2 Å². The Hall–Kier alpha value is -1.91. The van der Waals surface area contributed by atoms with E-state index in [9.17, 15) is 4.79 Å². The maximum Gasteiger partial charge on any atom is 0.222 e. The molecule has 0 unspecified atom stereocenters. The molecule has 2 aliphatic rings. The molecule has 4 heteroatoms. The van der Waals surface area contributed by atoms with Gasteiger partial charge in [0, 0.05) is 51.7 Å². The third-order valence-corrected chi connectivity index (χ3v) is 6.80. The van der Waals surface area contributed by atoms with E-state index in [-0.39, 0.29) is 5.54 Å². The van der Waals surface area contributed by atoms with Crippen molar-refractivity contribution in [1.29, 1.82) is 0 Å². The molecule has 144 valence electrons.